The van der Waals surface area contributed by atoms with Crippen LogP contribution in [0.4, 0.5) is 5.69 Å². The van der Waals surface area contributed by atoms with Gasteiger partial charge in [0.2, 0.25) is 0 Å². The molecule has 0 saturated carbocycles. The first kappa shape index (κ1) is 11.5. The van der Waals surface area contributed by atoms with Crippen molar-refractivity contribution in [3.05, 3.63) is 64.7 Å². The van der Waals surface area contributed by atoms with E-state index in [0.717, 1.165) is 33.8 Å². The van der Waals surface area contributed by atoms with Crippen LogP contribution in [0, 0.1) is 10.1 Å². The topological polar surface area (TPSA) is 58.9 Å². The van der Waals surface area contributed by atoms with Gasteiger partial charge in [-0.25, -0.2) is 0 Å². The third kappa shape index (κ3) is 1.87. The van der Waals surface area contributed by atoms with E-state index in [1.807, 2.05) is 18.2 Å². The van der Waals surface area contributed by atoms with Crippen LogP contribution in [-0.4, -0.2) is 9.91 Å². The van der Waals surface area contributed by atoms with Crippen LogP contribution in [0.15, 0.2) is 49.1 Å². The zero-order chi connectivity index (χ0) is 13.4. The SMILES string of the molecule is C=CCc1ccc2[nH]c3ccc([N+](=O)[O-])cc3c2c1. The smallest absolute Gasteiger partial charge is 0.270 e. The van der Waals surface area contributed by atoms with Crippen molar-refractivity contribution in [1.82, 2.24) is 4.98 Å². The molecule has 1 N–H and O–H groups in total. The Morgan fingerprint density at radius 2 is 1.84 bits per heavy atom. The molecule has 3 aromatic rings. The summed E-state index contributed by atoms with van der Waals surface area (Å²) in [5.74, 6) is 0. The average Bonchev–Trinajstić information content (AvgIpc) is 2.76. The maximum absolute atomic E-state index is 10.9. The fraction of sp³-hybridized carbons (Fsp3) is 0.0667. The first-order valence-electron chi connectivity index (χ1n) is 5.98. The molecule has 4 nitrogen and oxygen atoms in total. The van der Waals surface area contributed by atoms with Gasteiger partial charge in [0, 0.05) is 33.9 Å². The van der Waals surface area contributed by atoms with Crippen LogP contribution in [0.1, 0.15) is 5.56 Å². The van der Waals surface area contributed by atoms with Crippen molar-refractivity contribution in [3.8, 4) is 0 Å². The second kappa shape index (κ2) is 4.24. The van der Waals surface area contributed by atoms with Gasteiger partial charge >= 0.3 is 0 Å². The summed E-state index contributed by atoms with van der Waals surface area (Å²) in [6, 6.07) is 11.0. The van der Waals surface area contributed by atoms with Crippen LogP contribution in [0.3, 0.4) is 0 Å². The molecule has 0 atom stereocenters. The molecule has 0 spiro atoms. The molecule has 0 saturated heterocycles. The van der Waals surface area contributed by atoms with Crippen LogP contribution in [0.2, 0.25) is 0 Å². The summed E-state index contributed by atoms with van der Waals surface area (Å²) >= 11 is 0. The van der Waals surface area contributed by atoms with Crippen molar-refractivity contribution in [2.75, 3.05) is 0 Å². The monoisotopic (exact) mass is 252 g/mol. The number of hydrogen-bond donors (Lipinski definition) is 1. The molecule has 0 aliphatic carbocycles. The third-order valence-electron chi connectivity index (χ3n) is 3.24. The number of aromatic amines is 1. The molecule has 1 aromatic heterocycles. The van der Waals surface area contributed by atoms with Crippen LogP contribution in [0.25, 0.3) is 21.8 Å². The summed E-state index contributed by atoms with van der Waals surface area (Å²) in [6.45, 7) is 3.73. The van der Waals surface area contributed by atoms with Crippen molar-refractivity contribution in [2.45, 2.75) is 6.42 Å². The molecule has 0 amide bonds. The quantitative estimate of drug-likeness (QED) is 0.435. The lowest BCUT2D eigenvalue weighted by Gasteiger charge is -1.97. The number of nitro groups is 1. The lowest BCUT2D eigenvalue weighted by Crippen LogP contribution is -1.86. The highest BCUT2D eigenvalue weighted by molar-refractivity contribution is 6.08. The van der Waals surface area contributed by atoms with Crippen molar-refractivity contribution in [3.63, 3.8) is 0 Å². The molecule has 3 rings (SSSR count). The molecule has 0 unspecified atom stereocenters. The van der Waals surface area contributed by atoms with E-state index >= 15 is 0 Å². The Hall–Kier alpha value is -2.62. The van der Waals surface area contributed by atoms with E-state index in [-0.39, 0.29) is 10.6 Å². The van der Waals surface area contributed by atoms with Gasteiger partial charge in [0.25, 0.3) is 5.69 Å². The lowest BCUT2D eigenvalue weighted by molar-refractivity contribution is -0.384. The molecule has 0 aliphatic rings. The molecule has 0 aliphatic heterocycles. The van der Waals surface area contributed by atoms with E-state index in [1.165, 1.54) is 6.07 Å². The van der Waals surface area contributed by atoms with E-state index < -0.39 is 0 Å². The summed E-state index contributed by atoms with van der Waals surface area (Å²) in [6.07, 6.45) is 2.63. The van der Waals surface area contributed by atoms with Gasteiger partial charge in [0.1, 0.15) is 0 Å². The van der Waals surface area contributed by atoms with Gasteiger partial charge in [0.05, 0.1) is 4.92 Å². The molecule has 19 heavy (non-hydrogen) atoms. The van der Waals surface area contributed by atoms with Crippen molar-refractivity contribution in [1.29, 1.82) is 0 Å². The minimum absolute atomic E-state index is 0.113. The molecule has 0 bridgehead atoms. The number of aromatic nitrogens is 1. The van der Waals surface area contributed by atoms with E-state index in [1.54, 1.807) is 12.1 Å². The van der Waals surface area contributed by atoms with Gasteiger partial charge in [-0.15, -0.1) is 6.58 Å². The predicted octanol–water partition coefficient (Wildman–Crippen LogP) is 3.96. The number of fused-ring (bicyclic) bond motifs is 3. The largest absolute Gasteiger partial charge is 0.355 e. The summed E-state index contributed by atoms with van der Waals surface area (Å²) in [5, 5.41) is 12.8. The Balaban J connectivity index is 2.31. The van der Waals surface area contributed by atoms with Gasteiger partial charge < -0.3 is 4.98 Å². The minimum atomic E-state index is -0.369. The second-order valence-electron chi connectivity index (χ2n) is 4.48. The Kier molecular flexibility index (Phi) is 2.56. The van der Waals surface area contributed by atoms with Crippen LogP contribution >= 0.6 is 0 Å². The first-order valence-corrected chi connectivity index (χ1v) is 5.98. The average molecular weight is 252 g/mol. The van der Waals surface area contributed by atoms with Gasteiger partial charge in [0.15, 0.2) is 0 Å². The van der Waals surface area contributed by atoms with Gasteiger partial charge in [-0.3, -0.25) is 10.1 Å². The number of nitrogens with zero attached hydrogens (tertiary/aromatic N) is 1. The van der Waals surface area contributed by atoms with Crippen molar-refractivity contribution >= 4 is 27.5 Å². The number of non-ortho nitro benzene ring substituents is 1. The fourth-order valence-corrected chi connectivity index (χ4v) is 2.34. The van der Waals surface area contributed by atoms with Crippen molar-refractivity contribution < 1.29 is 4.92 Å². The zero-order valence-corrected chi connectivity index (χ0v) is 10.2. The highest BCUT2D eigenvalue weighted by Crippen LogP contribution is 2.29. The van der Waals surface area contributed by atoms with Gasteiger partial charge in [-0.1, -0.05) is 12.1 Å². The van der Waals surface area contributed by atoms with E-state index in [0.29, 0.717) is 0 Å². The Morgan fingerprint density at radius 1 is 1.16 bits per heavy atom. The van der Waals surface area contributed by atoms with Gasteiger partial charge in [-0.05, 0) is 30.2 Å². The number of benzene rings is 2. The lowest BCUT2D eigenvalue weighted by atomic mass is 10.1. The summed E-state index contributed by atoms with van der Waals surface area (Å²) < 4.78 is 0. The van der Waals surface area contributed by atoms with Crippen molar-refractivity contribution in [2.24, 2.45) is 0 Å². The minimum Gasteiger partial charge on any atom is -0.355 e. The number of H-pyrrole nitrogens is 1. The normalized spacial score (nSPS) is 10.9. The highest BCUT2D eigenvalue weighted by Gasteiger charge is 2.10. The van der Waals surface area contributed by atoms with E-state index in [2.05, 4.69) is 17.6 Å². The summed E-state index contributed by atoms with van der Waals surface area (Å²) in [5.41, 5.74) is 3.16. The molecule has 4 heteroatoms. The molecule has 2 aromatic carbocycles. The number of hydrogen-bond acceptors (Lipinski definition) is 2. The third-order valence-corrected chi connectivity index (χ3v) is 3.24. The number of nitrogens with one attached hydrogen (secondary N) is 1. The molecule has 94 valence electrons. The standard InChI is InChI=1S/C15H12N2O2/c1-2-3-10-4-6-14-12(8-10)13-9-11(17(18)19)5-7-15(13)16-14/h2,4-9,16H,1,3H2. The molecule has 0 fully saturated rings. The molecular weight excluding hydrogens is 240 g/mol. The predicted molar refractivity (Wildman–Crippen MR) is 76.4 cm³/mol. The van der Waals surface area contributed by atoms with Crippen LogP contribution < -0.4 is 0 Å². The Labute approximate surface area is 109 Å². The highest BCUT2D eigenvalue weighted by atomic mass is 16.6. The van der Waals surface area contributed by atoms with Crippen LogP contribution in [0.5, 0.6) is 0 Å². The summed E-state index contributed by atoms with van der Waals surface area (Å²) in [7, 11) is 0. The Morgan fingerprint density at radius 3 is 2.53 bits per heavy atom. The number of allylic oxidation sites excluding steroid dienone is 1. The first-order chi connectivity index (χ1) is 9.19. The maximum atomic E-state index is 10.9. The molecule has 1 heterocycles. The number of rotatable bonds is 3. The summed E-state index contributed by atoms with van der Waals surface area (Å²) in [4.78, 5) is 13.7. The molecule has 0 radical (unpaired) electrons. The van der Waals surface area contributed by atoms with E-state index in [9.17, 15) is 10.1 Å². The Bertz CT molecular complexity index is 802. The number of nitro benzene ring substituents is 1. The van der Waals surface area contributed by atoms with Gasteiger partial charge in [-0.2, -0.15) is 0 Å². The van der Waals surface area contributed by atoms with Crippen LogP contribution in [-0.2, 0) is 6.42 Å². The van der Waals surface area contributed by atoms with E-state index in [4.69, 9.17) is 0 Å². The second-order valence-corrected chi connectivity index (χ2v) is 4.48. The zero-order valence-electron chi connectivity index (χ0n) is 10.2. The molecular formula is C15H12N2O2. The fourth-order valence-electron chi connectivity index (χ4n) is 2.34. The maximum Gasteiger partial charge on any atom is 0.270 e.